The maximum Gasteiger partial charge on any atom is 0.331 e. The zero-order chi connectivity index (χ0) is 22.0. The minimum atomic E-state index is -0.988. The molecule has 0 amide bonds. The summed E-state index contributed by atoms with van der Waals surface area (Å²) in [5.41, 5.74) is -0.398. The van der Waals surface area contributed by atoms with Crippen LogP contribution in [0.15, 0.2) is 21.7 Å². The molecule has 1 unspecified atom stereocenters. The van der Waals surface area contributed by atoms with Crippen LogP contribution in [0.2, 0.25) is 0 Å². The summed E-state index contributed by atoms with van der Waals surface area (Å²) in [4.78, 5) is 37.1. The van der Waals surface area contributed by atoms with Crippen molar-refractivity contribution in [2.24, 2.45) is 5.92 Å². The van der Waals surface area contributed by atoms with E-state index in [-0.39, 0.29) is 30.4 Å². The van der Waals surface area contributed by atoms with Gasteiger partial charge in [-0.05, 0) is 45.2 Å². The average Bonchev–Trinajstić information content (AvgIpc) is 2.69. The minimum Gasteiger partial charge on any atom is -0.481 e. The fourth-order valence-electron chi connectivity index (χ4n) is 4.12. The van der Waals surface area contributed by atoms with E-state index in [1.54, 1.807) is 6.07 Å². The van der Waals surface area contributed by atoms with Gasteiger partial charge in [-0.2, -0.15) is 0 Å². The van der Waals surface area contributed by atoms with E-state index in [0.29, 0.717) is 11.2 Å². The Bertz CT molecular complexity index is 1050. The molecule has 164 valence electrons. The second-order valence-electron chi connectivity index (χ2n) is 8.56. The maximum atomic E-state index is 14.9. The number of carbonyl (C=O) groups is 1. The Morgan fingerprint density at radius 2 is 1.87 bits per heavy atom. The molecule has 1 saturated carbocycles. The molecule has 7 nitrogen and oxygen atoms in total. The highest BCUT2D eigenvalue weighted by Crippen LogP contribution is 2.26. The van der Waals surface area contributed by atoms with Gasteiger partial charge in [0.05, 0.1) is 22.5 Å². The lowest BCUT2D eigenvalue weighted by Crippen LogP contribution is -2.41. The number of anilines is 1. The van der Waals surface area contributed by atoms with Gasteiger partial charge < -0.3 is 10.4 Å². The number of benzene rings is 1. The van der Waals surface area contributed by atoms with Gasteiger partial charge in [0, 0.05) is 18.6 Å². The first-order valence-corrected chi connectivity index (χ1v) is 10.7. The third-order valence-corrected chi connectivity index (χ3v) is 5.95. The van der Waals surface area contributed by atoms with Crippen LogP contribution in [0.3, 0.4) is 0 Å². The van der Waals surface area contributed by atoms with Crippen LogP contribution in [0.5, 0.6) is 0 Å². The Morgan fingerprint density at radius 3 is 2.47 bits per heavy atom. The lowest BCUT2D eigenvalue weighted by molar-refractivity contribution is -0.141. The van der Waals surface area contributed by atoms with Gasteiger partial charge in [-0.1, -0.05) is 26.2 Å². The third-order valence-electron chi connectivity index (χ3n) is 5.95. The molecular formula is C22H30FN3O4. The first-order valence-electron chi connectivity index (χ1n) is 10.7. The summed E-state index contributed by atoms with van der Waals surface area (Å²) in [5, 5.41) is 12.5. The molecule has 0 bridgehead atoms. The Balaban J connectivity index is 2.09. The normalized spacial score (nSPS) is 16.2. The smallest absolute Gasteiger partial charge is 0.331 e. The first-order chi connectivity index (χ1) is 14.2. The number of hydrogen-bond acceptors (Lipinski definition) is 4. The van der Waals surface area contributed by atoms with Crippen molar-refractivity contribution in [2.45, 2.75) is 77.9 Å². The molecule has 8 heteroatoms. The summed E-state index contributed by atoms with van der Waals surface area (Å²) >= 11 is 0. The number of rotatable bonds is 7. The fraction of sp³-hybridized carbons (Fsp3) is 0.591. The molecule has 1 heterocycles. The number of fused-ring (bicyclic) bond motifs is 1. The van der Waals surface area contributed by atoms with Crippen molar-refractivity contribution < 1.29 is 14.3 Å². The number of nitrogens with one attached hydrogen (secondary N) is 1. The molecule has 1 aliphatic carbocycles. The Morgan fingerprint density at radius 1 is 1.20 bits per heavy atom. The van der Waals surface area contributed by atoms with E-state index in [0.717, 1.165) is 30.3 Å². The van der Waals surface area contributed by atoms with Crippen LogP contribution in [-0.2, 0) is 11.3 Å². The van der Waals surface area contributed by atoms with Gasteiger partial charge >= 0.3 is 11.7 Å². The lowest BCUT2D eigenvalue weighted by Gasteiger charge is -2.25. The summed E-state index contributed by atoms with van der Waals surface area (Å²) in [7, 11) is 0. The van der Waals surface area contributed by atoms with Crippen LogP contribution in [0, 0.1) is 11.7 Å². The number of hydrogen-bond donors (Lipinski definition) is 2. The zero-order valence-electron chi connectivity index (χ0n) is 17.8. The molecule has 0 aliphatic heterocycles. The van der Waals surface area contributed by atoms with Crippen molar-refractivity contribution in [1.82, 2.24) is 9.13 Å². The summed E-state index contributed by atoms with van der Waals surface area (Å²) in [5.74, 6) is -2.21. The van der Waals surface area contributed by atoms with Crippen LogP contribution in [0.25, 0.3) is 10.9 Å². The van der Waals surface area contributed by atoms with E-state index >= 15 is 0 Å². The Kier molecular flexibility index (Phi) is 6.63. The van der Waals surface area contributed by atoms with Gasteiger partial charge in [-0.15, -0.1) is 0 Å². The number of halogens is 1. The first kappa shape index (κ1) is 22.1. The van der Waals surface area contributed by atoms with Crippen molar-refractivity contribution in [3.05, 3.63) is 38.8 Å². The van der Waals surface area contributed by atoms with Crippen molar-refractivity contribution >= 4 is 22.6 Å². The van der Waals surface area contributed by atoms with Crippen molar-refractivity contribution in [3.8, 4) is 0 Å². The van der Waals surface area contributed by atoms with E-state index in [1.165, 1.54) is 24.0 Å². The standard InChI is InChI=1S/C22H30FN3O4/c1-13(2)26-19-12-18(24-15-7-5-4-6-8-15)17(23)11-16(19)20(27)25(22(26)30)10-9-14(3)21(28)29/h11-15,24H,4-10H2,1-3H3,(H,28,29). The molecule has 1 aliphatic rings. The molecular weight excluding hydrogens is 389 g/mol. The van der Waals surface area contributed by atoms with Crippen molar-refractivity contribution in [3.63, 3.8) is 0 Å². The van der Waals surface area contributed by atoms with E-state index < -0.39 is 29.0 Å². The van der Waals surface area contributed by atoms with Crippen molar-refractivity contribution in [1.29, 1.82) is 0 Å². The van der Waals surface area contributed by atoms with Crippen LogP contribution in [0.4, 0.5) is 10.1 Å². The highest BCUT2D eigenvalue weighted by atomic mass is 19.1. The highest BCUT2D eigenvalue weighted by Gasteiger charge is 2.21. The predicted molar refractivity (Wildman–Crippen MR) is 115 cm³/mol. The highest BCUT2D eigenvalue weighted by molar-refractivity contribution is 5.82. The second-order valence-corrected chi connectivity index (χ2v) is 8.56. The molecule has 1 aromatic heterocycles. The monoisotopic (exact) mass is 419 g/mol. The van der Waals surface area contributed by atoms with Crippen LogP contribution in [0.1, 0.15) is 65.3 Å². The summed E-state index contributed by atoms with van der Waals surface area (Å²) in [6, 6.07) is 2.68. The van der Waals surface area contributed by atoms with Gasteiger partial charge in [0.2, 0.25) is 0 Å². The summed E-state index contributed by atoms with van der Waals surface area (Å²) < 4.78 is 17.4. The van der Waals surface area contributed by atoms with Crippen LogP contribution < -0.4 is 16.6 Å². The average molecular weight is 419 g/mol. The van der Waals surface area contributed by atoms with Crippen molar-refractivity contribution in [2.75, 3.05) is 5.32 Å². The molecule has 0 saturated heterocycles. The number of aliphatic carboxylic acids is 1. The molecule has 0 spiro atoms. The quantitative estimate of drug-likeness (QED) is 0.713. The van der Waals surface area contributed by atoms with E-state index in [2.05, 4.69) is 5.32 Å². The number of carboxylic acids is 1. The Labute approximate surface area is 174 Å². The summed E-state index contributed by atoms with van der Waals surface area (Å²) in [6.07, 6.45) is 5.46. The molecule has 3 rings (SSSR count). The lowest BCUT2D eigenvalue weighted by atomic mass is 9.95. The molecule has 30 heavy (non-hydrogen) atoms. The minimum absolute atomic E-state index is 0.0303. The van der Waals surface area contributed by atoms with Gasteiger partial charge in [0.15, 0.2) is 0 Å². The van der Waals surface area contributed by atoms with E-state index in [4.69, 9.17) is 5.11 Å². The SMILES string of the molecule is CC(CCn1c(=O)c2cc(F)c(NC3CCCCC3)cc2n(C(C)C)c1=O)C(=O)O. The zero-order valence-corrected chi connectivity index (χ0v) is 17.8. The predicted octanol–water partition coefficient (Wildman–Crippen LogP) is 3.74. The van der Waals surface area contributed by atoms with Gasteiger partial charge in [0.1, 0.15) is 5.82 Å². The largest absolute Gasteiger partial charge is 0.481 e. The molecule has 1 atom stereocenters. The van der Waals surface area contributed by atoms with E-state index in [1.807, 2.05) is 13.8 Å². The molecule has 2 N–H and O–H groups in total. The summed E-state index contributed by atoms with van der Waals surface area (Å²) in [6.45, 7) is 5.15. The van der Waals surface area contributed by atoms with E-state index in [9.17, 15) is 18.8 Å². The van der Waals surface area contributed by atoms with Gasteiger partial charge in [-0.25, -0.2) is 9.18 Å². The molecule has 1 fully saturated rings. The van der Waals surface area contributed by atoms with Crippen LogP contribution >= 0.6 is 0 Å². The molecule has 2 aromatic rings. The third kappa shape index (κ3) is 4.42. The molecule has 0 radical (unpaired) electrons. The van der Waals surface area contributed by atoms with Crippen LogP contribution in [-0.4, -0.2) is 26.3 Å². The number of carboxylic acid groups (broad SMARTS) is 1. The second kappa shape index (κ2) is 9.02. The molecule has 1 aromatic carbocycles. The fourth-order valence-corrected chi connectivity index (χ4v) is 4.12. The number of aromatic nitrogens is 2. The maximum absolute atomic E-state index is 14.9. The Hall–Kier alpha value is -2.64. The number of nitrogens with zero attached hydrogens (tertiary/aromatic N) is 2. The topological polar surface area (TPSA) is 93.3 Å². The van der Waals surface area contributed by atoms with Gasteiger partial charge in [-0.3, -0.25) is 18.7 Å². The van der Waals surface area contributed by atoms with Gasteiger partial charge in [0.25, 0.3) is 5.56 Å².